The van der Waals surface area contributed by atoms with Gasteiger partial charge in [-0.05, 0) is 39.5 Å². The second-order valence-electron chi connectivity index (χ2n) is 6.69. The molecule has 1 heterocycles. The molecule has 0 radical (unpaired) electrons. The lowest BCUT2D eigenvalue weighted by Gasteiger charge is -2.50. The summed E-state index contributed by atoms with van der Waals surface area (Å²) >= 11 is 0. The quantitative estimate of drug-likeness (QED) is 0.782. The summed E-state index contributed by atoms with van der Waals surface area (Å²) in [5.41, 5.74) is 5.67. The number of ether oxygens (including phenoxy) is 1. The van der Waals surface area contributed by atoms with Crippen molar-refractivity contribution in [2.45, 2.75) is 70.6 Å². The average Bonchev–Trinajstić information content (AvgIpc) is 2.24. The van der Waals surface area contributed by atoms with E-state index in [0.29, 0.717) is 12.5 Å². The number of hydrogen-bond donors (Lipinski definition) is 1. The van der Waals surface area contributed by atoms with Crippen LogP contribution in [0.25, 0.3) is 0 Å². The van der Waals surface area contributed by atoms with Gasteiger partial charge >= 0.3 is 6.09 Å². The molecule has 2 atom stereocenters. The van der Waals surface area contributed by atoms with Gasteiger partial charge in [0.05, 0.1) is 6.04 Å². The first kappa shape index (κ1) is 13.7. The van der Waals surface area contributed by atoms with Gasteiger partial charge in [0.2, 0.25) is 0 Å². The molecule has 0 aromatic carbocycles. The molecule has 0 bridgehead atoms. The average molecular weight is 254 g/mol. The van der Waals surface area contributed by atoms with Crippen LogP contribution < -0.4 is 5.73 Å². The minimum Gasteiger partial charge on any atom is -0.444 e. The van der Waals surface area contributed by atoms with Crippen LogP contribution in [-0.2, 0) is 4.74 Å². The molecule has 4 nitrogen and oxygen atoms in total. The van der Waals surface area contributed by atoms with E-state index in [9.17, 15) is 4.79 Å². The Balaban J connectivity index is 1.94. The van der Waals surface area contributed by atoms with Gasteiger partial charge in [-0.25, -0.2) is 4.79 Å². The van der Waals surface area contributed by atoms with E-state index >= 15 is 0 Å². The molecule has 2 fully saturated rings. The third-order valence-corrected chi connectivity index (χ3v) is 3.97. The number of nitrogens with zero attached hydrogens (tertiary/aromatic N) is 1. The monoisotopic (exact) mass is 254 g/mol. The van der Waals surface area contributed by atoms with Gasteiger partial charge in [-0.3, -0.25) is 0 Å². The standard InChI is InChI=1S/C14H26N2O2/c1-14(2,3)18-13(17)16-9-11(15)12(16)10-7-5-4-6-8-10/h10-12H,4-9,15H2,1-3H3. The van der Waals surface area contributed by atoms with Crippen LogP contribution in [0.1, 0.15) is 52.9 Å². The fourth-order valence-corrected chi connectivity index (χ4v) is 3.15. The first-order valence-electron chi connectivity index (χ1n) is 7.14. The van der Waals surface area contributed by atoms with E-state index in [1.807, 2.05) is 25.7 Å². The maximum atomic E-state index is 12.1. The maximum absolute atomic E-state index is 12.1. The van der Waals surface area contributed by atoms with Crippen molar-refractivity contribution < 1.29 is 9.53 Å². The Bertz CT molecular complexity index is 305. The summed E-state index contributed by atoms with van der Waals surface area (Å²) in [6, 6.07) is 0.348. The Morgan fingerprint density at radius 2 is 1.83 bits per heavy atom. The van der Waals surface area contributed by atoms with Crippen molar-refractivity contribution in [3.05, 3.63) is 0 Å². The second-order valence-corrected chi connectivity index (χ2v) is 6.69. The Hall–Kier alpha value is -0.770. The van der Waals surface area contributed by atoms with Gasteiger partial charge in [0.25, 0.3) is 0 Å². The van der Waals surface area contributed by atoms with Gasteiger partial charge in [0.15, 0.2) is 0 Å². The highest BCUT2D eigenvalue weighted by Gasteiger charge is 2.45. The lowest BCUT2D eigenvalue weighted by Crippen LogP contribution is -2.69. The predicted molar refractivity (Wildman–Crippen MR) is 71.3 cm³/mol. The molecular weight excluding hydrogens is 228 g/mol. The van der Waals surface area contributed by atoms with Gasteiger partial charge in [0.1, 0.15) is 5.60 Å². The number of carbonyl (C=O) groups excluding carboxylic acids is 1. The van der Waals surface area contributed by atoms with Crippen LogP contribution >= 0.6 is 0 Å². The first-order chi connectivity index (χ1) is 8.38. The van der Waals surface area contributed by atoms with E-state index < -0.39 is 5.60 Å². The molecule has 18 heavy (non-hydrogen) atoms. The second kappa shape index (κ2) is 5.08. The van der Waals surface area contributed by atoms with Crippen LogP contribution in [0.3, 0.4) is 0 Å². The molecule has 2 N–H and O–H groups in total. The fourth-order valence-electron chi connectivity index (χ4n) is 3.15. The Morgan fingerprint density at radius 3 is 2.33 bits per heavy atom. The van der Waals surface area contributed by atoms with Crippen LogP contribution in [-0.4, -0.2) is 35.2 Å². The first-order valence-corrected chi connectivity index (χ1v) is 7.14. The van der Waals surface area contributed by atoms with Crippen LogP contribution in [0, 0.1) is 5.92 Å². The predicted octanol–water partition coefficient (Wildman–Crippen LogP) is 2.51. The van der Waals surface area contributed by atoms with Crippen LogP contribution in [0.4, 0.5) is 4.79 Å². The zero-order valence-corrected chi connectivity index (χ0v) is 11.8. The van der Waals surface area contributed by atoms with E-state index in [1.165, 1.54) is 32.1 Å². The van der Waals surface area contributed by atoms with E-state index in [4.69, 9.17) is 10.5 Å². The molecule has 4 heteroatoms. The van der Waals surface area contributed by atoms with Gasteiger partial charge < -0.3 is 15.4 Å². The zero-order chi connectivity index (χ0) is 13.3. The SMILES string of the molecule is CC(C)(C)OC(=O)N1CC(N)C1C1CCCCC1. The van der Waals surface area contributed by atoms with Crippen molar-refractivity contribution in [1.82, 2.24) is 4.90 Å². The summed E-state index contributed by atoms with van der Waals surface area (Å²) in [6.07, 6.45) is 6.09. The maximum Gasteiger partial charge on any atom is 0.410 e. The normalized spacial score (nSPS) is 29.9. The summed E-state index contributed by atoms with van der Waals surface area (Å²) in [5.74, 6) is 0.579. The van der Waals surface area contributed by atoms with E-state index in [-0.39, 0.29) is 18.2 Å². The molecule has 0 spiro atoms. The Morgan fingerprint density at radius 1 is 1.22 bits per heavy atom. The molecular formula is C14H26N2O2. The van der Waals surface area contributed by atoms with Gasteiger partial charge in [0, 0.05) is 12.6 Å². The molecule has 1 aliphatic heterocycles. The summed E-state index contributed by atoms with van der Waals surface area (Å²) in [4.78, 5) is 13.9. The lowest BCUT2D eigenvalue weighted by molar-refractivity contribution is -0.0318. The highest BCUT2D eigenvalue weighted by Crippen LogP contribution is 2.35. The number of rotatable bonds is 1. The Labute approximate surface area is 110 Å². The van der Waals surface area contributed by atoms with Crippen molar-refractivity contribution in [2.75, 3.05) is 6.54 Å². The minimum absolute atomic E-state index is 0.139. The molecule has 1 amide bonds. The minimum atomic E-state index is -0.423. The number of hydrogen-bond acceptors (Lipinski definition) is 3. The Kier molecular flexibility index (Phi) is 3.85. The summed E-state index contributed by atoms with van der Waals surface area (Å²) in [6.45, 7) is 6.36. The molecule has 0 aromatic heterocycles. The molecule has 0 aromatic rings. The molecule has 1 saturated heterocycles. The van der Waals surface area contributed by atoms with Gasteiger partial charge in [-0.1, -0.05) is 19.3 Å². The van der Waals surface area contributed by atoms with Crippen molar-refractivity contribution in [3.63, 3.8) is 0 Å². The topological polar surface area (TPSA) is 55.6 Å². The largest absolute Gasteiger partial charge is 0.444 e. The smallest absolute Gasteiger partial charge is 0.410 e. The van der Waals surface area contributed by atoms with Crippen molar-refractivity contribution in [2.24, 2.45) is 11.7 Å². The fraction of sp³-hybridized carbons (Fsp3) is 0.929. The molecule has 104 valence electrons. The van der Waals surface area contributed by atoms with Crippen LogP contribution in [0.5, 0.6) is 0 Å². The van der Waals surface area contributed by atoms with E-state index in [1.54, 1.807) is 0 Å². The molecule has 1 aliphatic carbocycles. The molecule has 1 saturated carbocycles. The summed E-state index contributed by atoms with van der Waals surface area (Å²) in [7, 11) is 0. The van der Waals surface area contributed by atoms with E-state index in [0.717, 1.165) is 0 Å². The van der Waals surface area contributed by atoms with Crippen molar-refractivity contribution >= 4 is 6.09 Å². The summed E-state index contributed by atoms with van der Waals surface area (Å²) < 4.78 is 5.44. The number of carbonyl (C=O) groups is 1. The molecule has 2 rings (SSSR count). The van der Waals surface area contributed by atoms with Gasteiger partial charge in [-0.15, -0.1) is 0 Å². The number of amides is 1. The van der Waals surface area contributed by atoms with Crippen LogP contribution in [0.2, 0.25) is 0 Å². The number of likely N-dealkylation sites (tertiary alicyclic amines) is 1. The summed E-state index contributed by atoms with van der Waals surface area (Å²) in [5, 5.41) is 0. The van der Waals surface area contributed by atoms with Crippen LogP contribution in [0.15, 0.2) is 0 Å². The zero-order valence-electron chi connectivity index (χ0n) is 11.8. The molecule has 2 aliphatic rings. The van der Waals surface area contributed by atoms with Gasteiger partial charge in [-0.2, -0.15) is 0 Å². The highest BCUT2D eigenvalue weighted by atomic mass is 16.6. The molecule has 2 unspecified atom stereocenters. The highest BCUT2D eigenvalue weighted by molar-refractivity contribution is 5.70. The van der Waals surface area contributed by atoms with E-state index in [2.05, 4.69) is 0 Å². The van der Waals surface area contributed by atoms with Crippen molar-refractivity contribution in [1.29, 1.82) is 0 Å². The lowest BCUT2D eigenvalue weighted by atomic mass is 9.77. The third kappa shape index (κ3) is 2.97. The third-order valence-electron chi connectivity index (χ3n) is 3.97. The van der Waals surface area contributed by atoms with Crippen molar-refractivity contribution in [3.8, 4) is 0 Å². The number of nitrogens with two attached hydrogens (primary N) is 1.